The molecular formula is C21H26N6O3S. The van der Waals surface area contributed by atoms with E-state index in [4.69, 9.17) is 14.7 Å². The first kappa shape index (κ1) is 20.2. The Morgan fingerprint density at radius 2 is 1.97 bits per heavy atom. The normalized spacial score (nSPS) is 20.7. The number of aromatic nitrogens is 4. The Morgan fingerprint density at radius 3 is 2.65 bits per heavy atom. The van der Waals surface area contributed by atoms with Crippen molar-refractivity contribution in [1.82, 2.24) is 19.5 Å². The maximum absolute atomic E-state index is 12.7. The van der Waals surface area contributed by atoms with Gasteiger partial charge in [0.05, 0.1) is 36.0 Å². The Balaban J connectivity index is 1.75. The van der Waals surface area contributed by atoms with Crippen LogP contribution >= 0.6 is 0 Å². The van der Waals surface area contributed by atoms with E-state index in [9.17, 15) is 8.42 Å². The molecule has 2 aromatic heterocycles. The maximum atomic E-state index is 12.7. The topological polar surface area (TPSA) is 102 Å². The fraction of sp³-hybridized carbons (Fsp3) is 0.476. The van der Waals surface area contributed by atoms with Crippen molar-refractivity contribution in [2.24, 2.45) is 0 Å². The van der Waals surface area contributed by atoms with E-state index in [0.717, 1.165) is 11.0 Å². The first-order chi connectivity index (χ1) is 14.8. The molecule has 1 saturated heterocycles. The lowest BCUT2D eigenvalue weighted by Gasteiger charge is -2.34. The van der Waals surface area contributed by atoms with E-state index in [1.165, 1.54) is 6.26 Å². The second-order valence-corrected chi connectivity index (χ2v) is 10.6. The molecule has 2 fully saturated rings. The lowest BCUT2D eigenvalue weighted by atomic mass is 10.2. The van der Waals surface area contributed by atoms with Crippen LogP contribution in [0.25, 0.3) is 17.0 Å². The van der Waals surface area contributed by atoms with Crippen molar-refractivity contribution < 1.29 is 13.2 Å². The zero-order valence-corrected chi connectivity index (χ0v) is 18.7. The number of anilines is 2. The van der Waals surface area contributed by atoms with Crippen molar-refractivity contribution in [3.05, 3.63) is 36.0 Å². The molecule has 0 radical (unpaired) electrons. The number of fused-ring (bicyclic) bond motifs is 1. The summed E-state index contributed by atoms with van der Waals surface area (Å²) in [5, 5.41) is 3.12. The highest BCUT2D eigenvalue weighted by atomic mass is 32.2. The van der Waals surface area contributed by atoms with E-state index in [1.807, 2.05) is 34.9 Å². The first-order valence-electron chi connectivity index (χ1n) is 10.4. The van der Waals surface area contributed by atoms with Gasteiger partial charge in [-0.1, -0.05) is 12.1 Å². The van der Waals surface area contributed by atoms with Crippen molar-refractivity contribution in [3.8, 4) is 5.95 Å². The van der Waals surface area contributed by atoms with Gasteiger partial charge in [0.15, 0.2) is 9.84 Å². The largest absolute Gasteiger partial charge is 0.377 e. The summed E-state index contributed by atoms with van der Waals surface area (Å²) in [6, 6.07) is 9.73. The number of hydrogen-bond acceptors (Lipinski definition) is 8. The van der Waals surface area contributed by atoms with Crippen LogP contribution in [-0.2, 0) is 19.3 Å². The van der Waals surface area contributed by atoms with E-state index < -0.39 is 14.6 Å². The molecule has 0 bridgehead atoms. The van der Waals surface area contributed by atoms with Crippen molar-refractivity contribution in [2.75, 3.05) is 43.3 Å². The number of imidazole rings is 1. The van der Waals surface area contributed by atoms with Gasteiger partial charge >= 0.3 is 0 Å². The third-order valence-corrected chi connectivity index (χ3v) is 8.26. The van der Waals surface area contributed by atoms with E-state index in [1.54, 1.807) is 7.05 Å². The molecule has 1 aliphatic carbocycles. The fourth-order valence-corrected chi connectivity index (χ4v) is 5.62. The summed E-state index contributed by atoms with van der Waals surface area (Å²) in [6.45, 7) is 3.97. The SMILES string of the molecule is CNc1nc2ccccc2n1-c1nc(N2CCOC[C@H]2C)cc(C2(S(C)(=O)=O)CC2)n1. The highest BCUT2D eigenvalue weighted by molar-refractivity contribution is 7.91. The number of morpholine rings is 1. The Morgan fingerprint density at radius 1 is 1.19 bits per heavy atom. The molecule has 1 atom stereocenters. The van der Waals surface area contributed by atoms with Crippen LogP contribution in [0.4, 0.5) is 11.8 Å². The number of nitrogens with zero attached hydrogens (tertiary/aromatic N) is 5. The van der Waals surface area contributed by atoms with Crippen LogP contribution in [0, 0.1) is 0 Å². The second kappa shape index (κ2) is 7.16. The van der Waals surface area contributed by atoms with Crippen LogP contribution in [0.3, 0.4) is 0 Å². The van der Waals surface area contributed by atoms with Crippen LogP contribution in [0.1, 0.15) is 25.5 Å². The number of benzene rings is 1. The zero-order chi connectivity index (χ0) is 21.8. The van der Waals surface area contributed by atoms with Crippen molar-refractivity contribution in [2.45, 2.75) is 30.6 Å². The van der Waals surface area contributed by atoms with E-state index >= 15 is 0 Å². The molecule has 2 aliphatic rings. The van der Waals surface area contributed by atoms with E-state index in [0.29, 0.717) is 56.0 Å². The van der Waals surface area contributed by atoms with Gasteiger partial charge in [0.1, 0.15) is 10.6 Å². The van der Waals surface area contributed by atoms with Gasteiger partial charge in [-0.2, -0.15) is 4.98 Å². The first-order valence-corrected chi connectivity index (χ1v) is 12.3. The summed E-state index contributed by atoms with van der Waals surface area (Å²) in [5.74, 6) is 1.73. The third kappa shape index (κ3) is 3.25. The molecule has 31 heavy (non-hydrogen) atoms. The highest BCUT2D eigenvalue weighted by Gasteiger charge is 2.55. The van der Waals surface area contributed by atoms with Crippen molar-refractivity contribution in [3.63, 3.8) is 0 Å². The number of nitrogens with one attached hydrogen (secondary N) is 1. The average molecular weight is 443 g/mol. The molecule has 9 nitrogen and oxygen atoms in total. The summed E-state index contributed by atoms with van der Waals surface area (Å²) < 4.78 is 31.9. The zero-order valence-electron chi connectivity index (χ0n) is 17.9. The summed E-state index contributed by atoms with van der Waals surface area (Å²) in [6.07, 6.45) is 2.44. The standard InChI is InChI=1S/C21H26N6O3S/c1-14-13-30-11-10-26(14)18-12-17(21(8-9-21)31(3,28)29)24-20(25-18)27-16-7-5-4-6-15(16)23-19(27)22-2/h4-7,12,14H,8-11,13H2,1-3H3,(H,22,23)/t14-/m1/s1. The minimum atomic E-state index is -3.32. The summed E-state index contributed by atoms with van der Waals surface area (Å²) in [5.41, 5.74) is 2.22. The molecular weight excluding hydrogens is 416 g/mol. The minimum absolute atomic E-state index is 0.126. The molecule has 10 heteroatoms. The maximum Gasteiger partial charge on any atom is 0.239 e. The van der Waals surface area contributed by atoms with Gasteiger partial charge in [0, 0.05) is 25.9 Å². The molecule has 1 saturated carbocycles. The summed E-state index contributed by atoms with van der Waals surface area (Å²) in [4.78, 5) is 16.5. The average Bonchev–Trinajstić information content (AvgIpc) is 3.49. The van der Waals surface area contributed by atoms with Gasteiger partial charge in [-0.05, 0) is 31.9 Å². The molecule has 1 aliphatic heterocycles. The molecule has 0 amide bonds. The number of hydrogen-bond donors (Lipinski definition) is 1. The Hall–Kier alpha value is -2.72. The van der Waals surface area contributed by atoms with Gasteiger partial charge in [-0.3, -0.25) is 0 Å². The van der Waals surface area contributed by atoms with Gasteiger partial charge in [-0.25, -0.2) is 23.0 Å². The van der Waals surface area contributed by atoms with Gasteiger partial charge in [-0.15, -0.1) is 0 Å². The molecule has 3 aromatic rings. The van der Waals surface area contributed by atoms with Crippen molar-refractivity contribution in [1.29, 1.82) is 0 Å². The molecule has 0 unspecified atom stereocenters. The minimum Gasteiger partial charge on any atom is -0.377 e. The number of para-hydroxylation sites is 2. The van der Waals surface area contributed by atoms with Crippen LogP contribution in [0.15, 0.2) is 30.3 Å². The number of ether oxygens (including phenoxy) is 1. The Bertz CT molecular complexity index is 1250. The molecule has 5 rings (SSSR count). The quantitative estimate of drug-likeness (QED) is 0.641. The molecule has 1 aromatic carbocycles. The van der Waals surface area contributed by atoms with Gasteiger partial charge < -0.3 is 15.0 Å². The van der Waals surface area contributed by atoms with Gasteiger partial charge in [0.2, 0.25) is 11.9 Å². The van der Waals surface area contributed by atoms with Crippen LogP contribution in [0.5, 0.6) is 0 Å². The van der Waals surface area contributed by atoms with Crippen molar-refractivity contribution >= 4 is 32.6 Å². The lowest BCUT2D eigenvalue weighted by molar-refractivity contribution is 0.0985. The molecule has 164 valence electrons. The molecule has 3 heterocycles. The van der Waals surface area contributed by atoms with E-state index in [-0.39, 0.29) is 6.04 Å². The summed E-state index contributed by atoms with van der Waals surface area (Å²) in [7, 11) is -1.53. The monoisotopic (exact) mass is 442 g/mol. The Kier molecular flexibility index (Phi) is 4.67. The highest BCUT2D eigenvalue weighted by Crippen LogP contribution is 2.52. The summed E-state index contributed by atoms with van der Waals surface area (Å²) >= 11 is 0. The predicted molar refractivity (Wildman–Crippen MR) is 120 cm³/mol. The van der Waals surface area contributed by atoms with Crippen LogP contribution in [-0.4, -0.2) is 67.0 Å². The lowest BCUT2D eigenvalue weighted by Crippen LogP contribution is -2.44. The third-order valence-electron chi connectivity index (χ3n) is 6.23. The van der Waals surface area contributed by atoms with Crippen LogP contribution in [0.2, 0.25) is 0 Å². The van der Waals surface area contributed by atoms with E-state index in [2.05, 4.69) is 22.1 Å². The Labute approximate surface area is 181 Å². The number of sulfone groups is 1. The number of rotatable bonds is 5. The fourth-order valence-electron chi connectivity index (χ4n) is 4.30. The molecule has 0 spiro atoms. The second-order valence-electron chi connectivity index (χ2n) is 8.30. The van der Waals surface area contributed by atoms with Gasteiger partial charge in [0.25, 0.3) is 0 Å². The van der Waals surface area contributed by atoms with Crippen LogP contribution < -0.4 is 10.2 Å². The molecule has 1 N–H and O–H groups in total. The predicted octanol–water partition coefficient (Wildman–Crippen LogP) is 2.12. The smallest absolute Gasteiger partial charge is 0.239 e.